The van der Waals surface area contributed by atoms with E-state index in [1.807, 2.05) is 12.1 Å². The van der Waals surface area contributed by atoms with Crippen molar-refractivity contribution in [3.05, 3.63) is 24.2 Å². The monoisotopic (exact) mass is 292 g/mol. The van der Waals surface area contributed by atoms with Gasteiger partial charge in [-0.2, -0.15) is 0 Å². The van der Waals surface area contributed by atoms with E-state index in [4.69, 9.17) is 9.15 Å². The maximum atomic E-state index is 12.1. The van der Waals surface area contributed by atoms with E-state index in [9.17, 15) is 4.79 Å². The molecule has 1 N–H and O–H groups in total. The molecule has 0 bridgehead atoms. The van der Waals surface area contributed by atoms with Crippen molar-refractivity contribution in [3.63, 3.8) is 0 Å². The number of ether oxygens (including phenoxy) is 1. The van der Waals surface area contributed by atoms with Crippen LogP contribution in [0, 0.1) is 5.92 Å². The molecule has 1 saturated heterocycles. The summed E-state index contributed by atoms with van der Waals surface area (Å²) in [7, 11) is 0. The highest BCUT2D eigenvalue weighted by molar-refractivity contribution is 5.78. The first-order chi connectivity index (χ1) is 10.3. The highest BCUT2D eigenvalue weighted by atomic mass is 16.5. The van der Waals surface area contributed by atoms with E-state index in [2.05, 4.69) is 10.2 Å². The number of nitrogens with one attached hydrogen (secondary N) is 1. The first-order valence-corrected chi connectivity index (χ1v) is 7.92. The summed E-state index contributed by atoms with van der Waals surface area (Å²) in [6.07, 6.45) is 6.63. The minimum atomic E-state index is 0.103. The summed E-state index contributed by atoms with van der Waals surface area (Å²) in [4.78, 5) is 14.2. The van der Waals surface area contributed by atoms with Crippen LogP contribution in [0.1, 0.15) is 31.4 Å². The summed E-state index contributed by atoms with van der Waals surface area (Å²) in [5.74, 6) is 1.71. The smallest absolute Gasteiger partial charge is 0.234 e. The third kappa shape index (κ3) is 4.86. The van der Waals surface area contributed by atoms with Gasteiger partial charge in [-0.1, -0.05) is 0 Å². The lowest BCUT2D eigenvalue weighted by atomic mass is 10.2. The van der Waals surface area contributed by atoms with Gasteiger partial charge < -0.3 is 14.5 Å². The fraction of sp³-hybridized carbons (Fsp3) is 0.688. The van der Waals surface area contributed by atoms with Gasteiger partial charge in [-0.05, 0) is 43.7 Å². The number of carbonyl (C=O) groups is 1. The van der Waals surface area contributed by atoms with E-state index in [-0.39, 0.29) is 12.0 Å². The molecule has 1 unspecified atom stereocenters. The van der Waals surface area contributed by atoms with E-state index < -0.39 is 0 Å². The molecule has 1 aliphatic heterocycles. The van der Waals surface area contributed by atoms with Crippen molar-refractivity contribution in [2.24, 2.45) is 5.92 Å². The van der Waals surface area contributed by atoms with Crippen LogP contribution in [0.2, 0.25) is 0 Å². The number of nitrogens with zero attached hydrogens (tertiary/aromatic N) is 1. The minimum absolute atomic E-state index is 0.103. The molecule has 0 aromatic carbocycles. The zero-order chi connectivity index (χ0) is 14.5. The van der Waals surface area contributed by atoms with Crippen molar-refractivity contribution < 1.29 is 13.9 Å². The molecule has 0 radical (unpaired) electrons. The van der Waals surface area contributed by atoms with Crippen LogP contribution in [-0.2, 0) is 16.1 Å². The van der Waals surface area contributed by atoms with Crippen LogP contribution in [0.25, 0.3) is 0 Å². The number of carbonyl (C=O) groups excluding carboxylic acids is 1. The predicted molar refractivity (Wildman–Crippen MR) is 78.7 cm³/mol. The van der Waals surface area contributed by atoms with Gasteiger partial charge in [-0.25, -0.2) is 0 Å². The summed E-state index contributed by atoms with van der Waals surface area (Å²) < 4.78 is 11.1. The Morgan fingerprint density at radius 3 is 2.95 bits per heavy atom. The zero-order valence-corrected chi connectivity index (χ0v) is 12.4. The number of amides is 1. The van der Waals surface area contributed by atoms with Crippen molar-refractivity contribution in [1.29, 1.82) is 0 Å². The van der Waals surface area contributed by atoms with Gasteiger partial charge >= 0.3 is 0 Å². The quantitative estimate of drug-likeness (QED) is 0.793. The van der Waals surface area contributed by atoms with Gasteiger partial charge in [-0.15, -0.1) is 0 Å². The second kappa shape index (κ2) is 7.09. The molecule has 116 valence electrons. The lowest BCUT2D eigenvalue weighted by Gasteiger charge is -2.23. The molecule has 2 aliphatic rings. The number of rotatable bonds is 8. The molecule has 5 heteroatoms. The second-order valence-electron chi connectivity index (χ2n) is 6.13. The van der Waals surface area contributed by atoms with Gasteiger partial charge in [0.1, 0.15) is 5.76 Å². The Labute approximate surface area is 125 Å². The van der Waals surface area contributed by atoms with Gasteiger partial charge in [0.25, 0.3) is 0 Å². The van der Waals surface area contributed by atoms with Crippen LogP contribution >= 0.6 is 0 Å². The maximum absolute atomic E-state index is 12.1. The topological polar surface area (TPSA) is 54.7 Å². The van der Waals surface area contributed by atoms with Gasteiger partial charge in [0.15, 0.2) is 0 Å². The van der Waals surface area contributed by atoms with Crippen LogP contribution in [0.15, 0.2) is 22.8 Å². The van der Waals surface area contributed by atoms with Crippen molar-refractivity contribution in [2.75, 3.05) is 26.2 Å². The largest absolute Gasteiger partial charge is 0.468 e. The fourth-order valence-electron chi connectivity index (χ4n) is 2.72. The molecule has 21 heavy (non-hydrogen) atoms. The number of hydrogen-bond acceptors (Lipinski definition) is 4. The van der Waals surface area contributed by atoms with Gasteiger partial charge in [0.05, 0.1) is 25.5 Å². The van der Waals surface area contributed by atoms with E-state index in [0.717, 1.165) is 38.3 Å². The molecule has 1 amide bonds. The summed E-state index contributed by atoms with van der Waals surface area (Å²) in [6, 6.07) is 3.83. The van der Waals surface area contributed by atoms with Crippen LogP contribution in [0.4, 0.5) is 0 Å². The van der Waals surface area contributed by atoms with Gasteiger partial charge in [-0.3, -0.25) is 9.69 Å². The molecule has 2 heterocycles. The van der Waals surface area contributed by atoms with Crippen molar-refractivity contribution in [3.8, 4) is 0 Å². The fourth-order valence-corrected chi connectivity index (χ4v) is 2.72. The Kier molecular flexibility index (Phi) is 4.93. The molecule has 1 saturated carbocycles. The highest BCUT2D eigenvalue weighted by Gasteiger charge is 2.24. The van der Waals surface area contributed by atoms with Crippen molar-refractivity contribution in [2.45, 2.75) is 38.3 Å². The van der Waals surface area contributed by atoms with E-state index in [1.165, 1.54) is 12.8 Å². The lowest BCUT2D eigenvalue weighted by Crippen LogP contribution is -2.40. The lowest BCUT2D eigenvalue weighted by molar-refractivity contribution is -0.122. The predicted octanol–water partition coefficient (Wildman–Crippen LogP) is 1.79. The first-order valence-electron chi connectivity index (χ1n) is 7.92. The molecule has 0 spiro atoms. The van der Waals surface area contributed by atoms with E-state index in [1.54, 1.807) is 6.26 Å². The molecule has 1 aromatic rings. The molecule has 2 fully saturated rings. The second-order valence-corrected chi connectivity index (χ2v) is 6.13. The molecule has 3 rings (SSSR count). The van der Waals surface area contributed by atoms with Crippen molar-refractivity contribution >= 4 is 5.91 Å². The normalized spacial score (nSPS) is 21.9. The third-order valence-electron chi connectivity index (χ3n) is 4.10. The van der Waals surface area contributed by atoms with E-state index >= 15 is 0 Å². The summed E-state index contributed by atoms with van der Waals surface area (Å²) in [5.41, 5.74) is 0. The van der Waals surface area contributed by atoms with E-state index in [0.29, 0.717) is 19.0 Å². The first kappa shape index (κ1) is 14.6. The summed E-state index contributed by atoms with van der Waals surface area (Å²) in [5, 5.41) is 3.03. The zero-order valence-electron chi connectivity index (χ0n) is 12.4. The molecule has 1 aliphatic carbocycles. The average molecular weight is 292 g/mol. The number of furan rings is 1. The molecular weight excluding hydrogens is 268 g/mol. The Hall–Kier alpha value is -1.33. The molecule has 1 atom stereocenters. The standard InChI is InChI=1S/C16H24N2O3/c19-16(17-9-13-5-6-13)12-18(10-14-3-1-7-20-14)11-15-4-2-8-21-15/h1,3,7,13,15H,2,4-6,8-12H2,(H,17,19). The van der Waals surface area contributed by atoms with Crippen LogP contribution in [0.5, 0.6) is 0 Å². The Morgan fingerprint density at radius 2 is 2.29 bits per heavy atom. The van der Waals surface area contributed by atoms with Gasteiger partial charge in [0.2, 0.25) is 5.91 Å². The maximum Gasteiger partial charge on any atom is 0.234 e. The van der Waals surface area contributed by atoms with Crippen LogP contribution < -0.4 is 5.32 Å². The molecule has 5 nitrogen and oxygen atoms in total. The highest BCUT2D eigenvalue weighted by Crippen LogP contribution is 2.27. The molecule has 1 aromatic heterocycles. The van der Waals surface area contributed by atoms with Crippen LogP contribution in [0.3, 0.4) is 0 Å². The molecular formula is C16H24N2O3. The summed E-state index contributed by atoms with van der Waals surface area (Å²) in [6.45, 7) is 3.52. The Balaban J connectivity index is 1.50. The minimum Gasteiger partial charge on any atom is -0.468 e. The van der Waals surface area contributed by atoms with Gasteiger partial charge in [0, 0.05) is 19.7 Å². The average Bonchev–Trinajstić information content (AvgIpc) is 2.91. The number of hydrogen-bond donors (Lipinski definition) is 1. The Morgan fingerprint density at radius 1 is 1.38 bits per heavy atom. The third-order valence-corrected chi connectivity index (χ3v) is 4.10. The summed E-state index contributed by atoms with van der Waals surface area (Å²) >= 11 is 0. The van der Waals surface area contributed by atoms with Crippen molar-refractivity contribution in [1.82, 2.24) is 10.2 Å². The Bertz CT molecular complexity index is 436. The SMILES string of the molecule is O=C(CN(Cc1ccco1)CC1CCCO1)NCC1CC1. The van der Waals surface area contributed by atoms with Crippen LogP contribution in [-0.4, -0.2) is 43.2 Å².